The van der Waals surface area contributed by atoms with Gasteiger partial charge in [-0.1, -0.05) is 6.92 Å². The van der Waals surface area contributed by atoms with Crippen molar-refractivity contribution < 1.29 is 4.74 Å². The molecule has 2 aliphatic rings. The summed E-state index contributed by atoms with van der Waals surface area (Å²) in [5, 5.41) is 0. The number of ether oxygens (including phenoxy) is 1. The summed E-state index contributed by atoms with van der Waals surface area (Å²) >= 11 is 2.04. The van der Waals surface area contributed by atoms with Gasteiger partial charge in [0.2, 0.25) is 0 Å². The van der Waals surface area contributed by atoms with E-state index >= 15 is 0 Å². The molecule has 74 valence electrons. The number of rotatable bonds is 4. The maximum Gasteiger partial charge on any atom is 0.103 e. The highest BCUT2D eigenvalue weighted by Crippen LogP contribution is 2.47. The maximum absolute atomic E-state index is 5.65. The van der Waals surface area contributed by atoms with E-state index in [4.69, 9.17) is 4.74 Å². The standard InChI is InChI=1S/C11H18OS/c1-2-11(9-13-11)8-12-7-10-5-3-4-6-10/h7H,2-6,8-9H2,1H3. The fraction of sp³-hybridized carbons (Fsp3) is 0.818. The zero-order valence-corrected chi connectivity index (χ0v) is 9.16. The van der Waals surface area contributed by atoms with E-state index in [1.165, 1.54) is 43.4 Å². The van der Waals surface area contributed by atoms with Crippen molar-refractivity contribution in [3.63, 3.8) is 0 Å². The second kappa shape index (κ2) is 3.95. The van der Waals surface area contributed by atoms with Crippen molar-refractivity contribution in [1.29, 1.82) is 0 Å². The van der Waals surface area contributed by atoms with Crippen molar-refractivity contribution in [3.8, 4) is 0 Å². The van der Waals surface area contributed by atoms with Crippen molar-refractivity contribution in [3.05, 3.63) is 11.8 Å². The average molecular weight is 198 g/mol. The Morgan fingerprint density at radius 3 is 2.69 bits per heavy atom. The van der Waals surface area contributed by atoms with E-state index in [1.807, 2.05) is 18.0 Å². The van der Waals surface area contributed by atoms with Crippen LogP contribution >= 0.6 is 11.8 Å². The first-order chi connectivity index (χ1) is 6.35. The molecule has 0 amide bonds. The summed E-state index contributed by atoms with van der Waals surface area (Å²) in [6, 6.07) is 0. The van der Waals surface area contributed by atoms with Crippen molar-refractivity contribution in [2.24, 2.45) is 0 Å². The summed E-state index contributed by atoms with van der Waals surface area (Å²) in [5.41, 5.74) is 1.52. The highest BCUT2D eigenvalue weighted by Gasteiger charge is 2.42. The third kappa shape index (κ3) is 2.43. The molecular weight excluding hydrogens is 180 g/mol. The summed E-state index contributed by atoms with van der Waals surface area (Å²) in [4.78, 5) is 0. The minimum absolute atomic E-state index is 0.496. The molecule has 1 nitrogen and oxygen atoms in total. The lowest BCUT2D eigenvalue weighted by Gasteiger charge is -2.09. The Morgan fingerprint density at radius 1 is 1.46 bits per heavy atom. The molecule has 0 radical (unpaired) electrons. The zero-order chi connectivity index (χ0) is 9.15. The summed E-state index contributed by atoms with van der Waals surface area (Å²) < 4.78 is 6.15. The number of hydrogen-bond acceptors (Lipinski definition) is 2. The second-order valence-electron chi connectivity index (χ2n) is 4.12. The lowest BCUT2D eigenvalue weighted by molar-refractivity contribution is 0.225. The number of hydrogen-bond donors (Lipinski definition) is 0. The Kier molecular flexibility index (Phi) is 2.87. The molecule has 1 saturated carbocycles. The van der Waals surface area contributed by atoms with Gasteiger partial charge in [0.15, 0.2) is 0 Å². The predicted molar refractivity (Wildman–Crippen MR) is 58.0 cm³/mol. The zero-order valence-electron chi connectivity index (χ0n) is 8.34. The van der Waals surface area contributed by atoms with Crippen LogP contribution in [0.3, 0.4) is 0 Å². The van der Waals surface area contributed by atoms with Crippen LogP contribution in [0.5, 0.6) is 0 Å². The van der Waals surface area contributed by atoms with Crippen LogP contribution in [0.2, 0.25) is 0 Å². The average Bonchev–Trinajstić information content (AvgIpc) is 2.74. The van der Waals surface area contributed by atoms with Gasteiger partial charge in [-0.05, 0) is 37.7 Å². The van der Waals surface area contributed by atoms with E-state index in [-0.39, 0.29) is 0 Å². The lowest BCUT2D eigenvalue weighted by Crippen LogP contribution is -2.14. The van der Waals surface area contributed by atoms with E-state index < -0.39 is 0 Å². The van der Waals surface area contributed by atoms with Gasteiger partial charge in [-0.25, -0.2) is 0 Å². The van der Waals surface area contributed by atoms with Gasteiger partial charge in [-0.2, -0.15) is 0 Å². The van der Waals surface area contributed by atoms with Crippen LogP contribution in [0, 0.1) is 0 Å². The fourth-order valence-electron chi connectivity index (χ4n) is 1.75. The summed E-state index contributed by atoms with van der Waals surface area (Å²) in [6.07, 6.45) is 8.55. The molecule has 0 spiro atoms. The Balaban J connectivity index is 1.70. The van der Waals surface area contributed by atoms with Crippen molar-refractivity contribution in [2.45, 2.75) is 43.8 Å². The summed E-state index contributed by atoms with van der Waals surface area (Å²) in [5.74, 6) is 1.30. The Bertz CT molecular complexity index is 198. The molecule has 2 rings (SSSR count). The largest absolute Gasteiger partial charge is 0.500 e. The molecule has 0 aromatic carbocycles. The minimum atomic E-state index is 0.496. The Morgan fingerprint density at radius 2 is 2.15 bits per heavy atom. The highest BCUT2D eigenvalue weighted by molar-refractivity contribution is 8.07. The topological polar surface area (TPSA) is 9.23 Å². The quantitative estimate of drug-likeness (QED) is 0.506. The van der Waals surface area contributed by atoms with Gasteiger partial charge in [-0.3, -0.25) is 0 Å². The van der Waals surface area contributed by atoms with Gasteiger partial charge < -0.3 is 4.74 Å². The number of thioether (sulfide) groups is 1. The van der Waals surface area contributed by atoms with Crippen molar-refractivity contribution in [2.75, 3.05) is 12.4 Å². The third-order valence-electron chi connectivity index (χ3n) is 3.04. The second-order valence-corrected chi connectivity index (χ2v) is 5.56. The van der Waals surface area contributed by atoms with Crippen LogP contribution in [0.1, 0.15) is 39.0 Å². The molecule has 0 aromatic heterocycles. The van der Waals surface area contributed by atoms with E-state index in [2.05, 4.69) is 6.92 Å². The molecule has 2 fully saturated rings. The molecule has 1 heterocycles. The van der Waals surface area contributed by atoms with Gasteiger partial charge in [-0.15, -0.1) is 11.8 Å². The normalized spacial score (nSPS) is 31.9. The van der Waals surface area contributed by atoms with Crippen LogP contribution in [0.4, 0.5) is 0 Å². The molecular formula is C11H18OS. The lowest BCUT2D eigenvalue weighted by atomic mass is 10.1. The van der Waals surface area contributed by atoms with Crippen LogP contribution in [-0.4, -0.2) is 17.1 Å². The van der Waals surface area contributed by atoms with E-state index in [0.29, 0.717) is 4.75 Å². The smallest absolute Gasteiger partial charge is 0.103 e. The van der Waals surface area contributed by atoms with E-state index in [1.54, 1.807) is 0 Å². The Hall–Kier alpha value is -0.110. The maximum atomic E-state index is 5.65. The van der Waals surface area contributed by atoms with Gasteiger partial charge >= 0.3 is 0 Å². The van der Waals surface area contributed by atoms with E-state index in [0.717, 1.165) is 6.61 Å². The molecule has 0 bridgehead atoms. The van der Waals surface area contributed by atoms with Crippen molar-refractivity contribution >= 4 is 11.8 Å². The molecule has 2 heteroatoms. The SMILES string of the molecule is CCC1(COC=C2CCCC2)CS1. The first-order valence-electron chi connectivity index (χ1n) is 5.28. The minimum Gasteiger partial charge on any atom is -0.500 e. The molecule has 1 aliphatic heterocycles. The van der Waals surface area contributed by atoms with Gasteiger partial charge in [0.25, 0.3) is 0 Å². The summed E-state index contributed by atoms with van der Waals surface area (Å²) in [7, 11) is 0. The summed E-state index contributed by atoms with van der Waals surface area (Å²) in [6.45, 7) is 3.18. The first kappa shape index (κ1) is 9.45. The highest BCUT2D eigenvalue weighted by atomic mass is 32.2. The molecule has 0 N–H and O–H groups in total. The predicted octanol–water partition coefficient (Wildman–Crippen LogP) is 3.36. The Labute approximate surface area is 84.9 Å². The fourth-order valence-corrected chi connectivity index (χ4v) is 2.60. The monoisotopic (exact) mass is 198 g/mol. The van der Waals surface area contributed by atoms with Crippen molar-refractivity contribution in [1.82, 2.24) is 0 Å². The first-order valence-corrected chi connectivity index (χ1v) is 6.27. The molecule has 1 saturated heterocycles. The van der Waals surface area contributed by atoms with E-state index in [9.17, 15) is 0 Å². The van der Waals surface area contributed by atoms with Crippen LogP contribution < -0.4 is 0 Å². The van der Waals surface area contributed by atoms with Gasteiger partial charge in [0.05, 0.1) is 11.0 Å². The molecule has 13 heavy (non-hydrogen) atoms. The third-order valence-corrected chi connectivity index (χ3v) is 4.55. The molecule has 1 aliphatic carbocycles. The van der Waals surface area contributed by atoms with Crippen LogP contribution in [0.25, 0.3) is 0 Å². The molecule has 0 aromatic rings. The van der Waals surface area contributed by atoms with Crippen LogP contribution in [-0.2, 0) is 4.74 Å². The molecule has 1 atom stereocenters. The number of allylic oxidation sites excluding steroid dienone is 1. The molecule has 1 unspecified atom stereocenters. The van der Waals surface area contributed by atoms with Gasteiger partial charge in [0.1, 0.15) is 6.61 Å². The van der Waals surface area contributed by atoms with Gasteiger partial charge in [0, 0.05) is 5.75 Å². The van der Waals surface area contributed by atoms with Crippen LogP contribution in [0.15, 0.2) is 11.8 Å².